The van der Waals surface area contributed by atoms with Crippen LogP contribution in [0.5, 0.6) is 0 Å². The average molecular weight is 220 g/mol. The van der Waals surface area contributed by atoms with Crippen LogP contribution in [0.3, 0.4) is 0 Å². The molecule has 1 aliphatic heterocycles. The van der Waals surface area contributed by atoms with E-state index in [9.17, 15) is 9.59 Å². The Hall–Kier alpha value is -1.68. The van der Waals surface area contributed by atoms with Gasteiger partial charge in [0.15, 0.2) is 11.2 Å². The number of hydrogen-bond donors (Lipinski definition) is 0. The zero-order valence-corrected chi connectivity index (χ0v) is 8.93. The van der Waals surface area contributed by atoms with E-state index in [-0.39, 0.29) is 19.0 Å². The number of Topliss-reactive ketones (excluding diaryl/α,β-unsaturated/α-hetero) is 1. The van der Waals surface area contributed by atoms with Crippen molar-refractivity contribution in [1.29, 1.82) is 0 Å². The lowest BCUT2D eigenvalue weighted by atomic mass is 9.78. The van der Waals surface area contributed by atoms with Crippen molar-refractivity contribution in [2.75, 3.05) is 20.3 Å². The van der Waals surface area contributed by atoms with E-state index in [0.29, 0.717) is 5.56 Å². The third-order valence-electron chi connectivity index (χ3n) is 2.74. The van der Waals surface area contributed by atoms with Crippen LogP contribution in [0.1, 0.15) is 10.4 Å². The third kappa shape index (κ3) is 1.51. The van der Waals surface area contributed by atoms with Gasteiger partial charge in [-0.2, -0.15) is 0 Å². The molecule has 1 heterocycles. The molecule has 0 spiro atoms. The van der Waals surface area contributed by atoms with Crippen LogP contribution in [0, 0.1) is 5.41 Å². The molecule has 4 heteroatoms. The lowest BCUT2D eigenvalue weighted by molar-refractivity contribution is -0.172. The zero-order chi connectivity index (χ0) is 11.6. The van der Waals surface area contributed by atoms with Gasteiger partial charge in [-0.25, -0.2) is 0 Å². The Morgan fingerprint density at radius 2 is 1.88 bits per heavy atom. The van der Waals surface area contributed by atoms with Crippen LogP contribution in [0.25, 0.3) is 0 Å². The fraction of sp³-hybridized carbons (Fsp3) is 0.333. The van der Waals surface area contributed by atoms with Crippen LogP contribution < -0.4 is 0 Å². The van der Waals surface area contributed by atoms with Gasteiger partial charge >= 0.3 is 5.97 Å². The van der Waals surface area contributed by atoms with Crippen molar-refractivity contribution >= 4 is 11.8 Å². The zero-order valence-electron chi connectivity index (χ0n) is 8.93. The quantitative estimate of drug-likeness (QED) is 0.434. The van der Waals surface area contributed by atoms with Gasteiger partial charge in [0.2, 0.25) is 0 Å². The van der Waals surface area contributed by atoms with E-state index in [1.807, 2.05) is 6.07 Å². The summed E-state index contributed by atoms with van der Waals surface area (Å²) in [4.78, 5) is 23.8. The first-order valence-corrected chi connectivity index (χ1v) is 4.97. The fourth-order valence-electron chi connectivity index (χ4n) is 1.71. The Morgan fingerprint density at radius 3 is 2.31 bits per heavy atom. The van der Waals surface area contributed by atoms with E-state index >= 15 is 0 Å². The second kappa shape index (κ2) is 4.06. The SMILES string of the molecule is COC(=O)C1(C(=O)c2ccccc2)COC1. The number of ketones is 1. The Kier molecular flexibility index (Phi) is 2.75. The van der Waals surface area contributed by atoms with Gasteiger partial charge < -0.3 is 9.47 Å². The summed E-state index contributed by atoms with van der Waals surface area (Å²) >= 11 is 0. The molecule has 2 rings (SSSR count). The lowest BCUT2D eigenvalue weighted by Gasteiger charge is -2.36. The molecule has 0 unspecified atom stereocenters. The predicted molar refractivity (Wildman–Crippen MR) is 56.0 cm³/mol. The van der Waals surface area contributed by atoms with Crippen LogP contribution in [0.2, 0.25) is 0 Å². The maximum Gasteiger partial charge on any atom is 0.324 e. The summed E-state index contributed by atoms with van der Waals surface area (Å²) in [5.41, 5.74) is -0.618. The molecule has 1 saturated heterocycles. The summed E-state index contributed by atoms with van der Waals surface area (Å²) in [6.45, 7) is 0.209. The van der Waals surface area contributed by atoms with E-state index in [1.165, 1.54) is 7.11 Å². The summed E-state index contributed by atoms with van der Waals surface area (Å²) in [7, 11) is 1.28. The van der Waals surface area contributed by atoms with Gasteiger partial charge in [-0.05, 0) is 0 Å². The van der Waals surface area contributed by atoms with Crippen LogP contribution >= 0.6 is 0 Å². The Morgan fingerprint density at radius 1 is 1.25 bits per heavy atom. The molecule has 1 aliphatic rings. The van der Waals surface area contributed by atoms with Crippen LogP contribution in [-0.4, -0.2) is 32.1 Å². The first kappa shape index (κ1) is 10.8. The number of hydrogen-bond acceptors (Lipinski definition) is 4. The maximum atomic E-state index is 12.2. The fourth-order valence-corrected chi connectivity index (χ4v) is 1.71. The topological polar surface area (TPSA) is 52.6 Å². The molecule has 0 atom stereocenters. The summed E-state index contributed by atoms with van der Waals surface area (Å²) in [6.07, 6.45) is 0. The molecule has 1 aromatic rings. The molecule has 1 fully saturated rings. The first-order chi connectivity index (χ1) is 7.70. The van der Waals surface area contributed by atoms with E-state index in [2.05, 4.69) is 4.74 Å². The summed E-state index contributed by atoms with van der Waals surface area (Å²) in [5.74, 6) is -0.751. The minimum Gasteiger partial charge on any atom is -0.468 e. The lowest BCUT2D eigenvalue weighted by Crippen LogP contribution is -2.55. The molecule has 1 aromatic carbocycles. The van der Waals surface area contributed by atoms with Crippen LogP contribution in [0.4, 0.5) is 0 Å². The number of benzene rings is 1. The molecule has 0 N–H and O–H groups in total. The van der Waals surface area contributed by atoms with Crippen LogP contribution in [0.15, 0.2) is 30.3 Å². The molecule has 0 radical (unpaired) electrons. The normalized spacial score (nSPS) is 17.3. The van der Waals surface area contributed by atoms with Gasteiger partial charge in [0.25, 0.3) is 0 Å². The van der Waals surface area contributed by atoms with Crippen molar-refractivity contribution in [2.24, 2.45) is 5.41 Å². The van der Waals surface area contributed by atoms with Gasteiger partial charge in [-0.15, -0.1) is 0 Å². The molecule has 0 bridgehead atoms. The summed E-state index contributed by atoms with van der Waals surface area (Å²) in [6, 6.07) is 8.71. The van der Waals surface area contributed by atoms with Crippen molar-refractivity contribution in [3.63, 3.8) is 0 Å². The highest BCUT2D eigenvalue weighted by Gasteiger charge is 2.53. The highest BCUT2D eigenvalue weighted by atomic mass is 16.5. The minimum absolute atomic E-state index is 0.105. The average Bonchev–Trinajstić information content (AvgIpc) is 2.28. The highest BCUT2D eigenvalue weighted by Crippen LogP contribution is 2.33. The summed E-state index contributed by atoms with van der Waals surface area (Å²) in [5, 5.41) is 0. The number of rotatable bonds is 3. The number of carbonyl (C=O) groups excluding carboxylic acids is 2. The van der Waals surface area contributed by atoms with Gasteiger partial charge in [-0.1, -0.05) is 30.3 Å². The molecule has 0 aliphatic carbocycles. The summed E-state index contributed by atoms with van der Waals surface area (Å²) < 4.78 is 9.64. The van der Waals surface area contributed by atoms with Crippen molar-refractivity contribution in [2.45, 2.75) is 0 Å². The molecule has 0 amide bonds. The number of methoxy groups -OCH3 is 1. The number of ether oxygens (including phenoxy) is 2. The molecule has 0 aromatic heterocycles. The second-order valence-corrected chi connectivity index (χ2v) is 3.76. The number of esters is 1. The predicted octanol–water partition coefficient (Wildman–Crippen LogP) is 1.06. The van der Waals surface area contributed by atoms with Gasteiger partial charge in [0.1, 0.15) is 0 Å². The molecule has 0 saturated carbocycles. The highest BCUT2D eigenvalue weighted by molar-refractivity contribution is 6.13. The third-order valence-corrected chi connectivity index (χ3v) is 2.74. The van der Waals surface area contributed by atoms with E-state index in [0.717, 1.165) is 0 Å². The standard InChI is InChI=1S/C12H12O4/c1-15-11(14)12(7-16-8-12)10(13)9-5-3-2-4-6-9/h2-6H,7-8H2,1H3. The van der Waals surface area contributed by atoms with Crippen molar-refractivity contribution in [1.82, 2.24) is 0 Å². The van der Waals surface area contributed by atoms with Crippen molar-refractivity contribution in [3.05, 3.63) is 35.9 Å². The Labute approximate surface area is 93.2 Å². The van der Waals surface area contributed by atoms with E-state index in [1.54, 1.807) is 24.3 Å². The largest absolute Gasteiger partial charge is 0.468 e. The maximum absolute atomic E-state index is 12.2. The Bertz CT molecular complexity index is 406. The van der Waals surface area contributed by atoms with E-state index < -0.39 is 11.4 Å². The molecule has 16 heavy (non-hydrogen) atoms. The van der Waals surface area contributed by atoms with Gasteiger partial charge in [0, 0.05) is 5.56 Å². The van der Waals surface area contributed by atoms with Crippen LogP contribution in [-0.2, 0) is 14.3 Å². The first-order valence-electron chi connectivity index (χ1n) is 4.97. The minimum atomic E-state index is -1.13. The molecular weight excluding hydrogens is 208 g/mol. The molecule has 4 nitrogen and oxygen atoms in total. The smallest absolute Gasteiger partial charge is 0.324 e. The molecule has 84 valence electrons. The van der Waals surface area contributed by atoms with Crippen molar-refractivity contribution < 1.29 is 19.1 Å². The molecular formula is C12H12O4. The van der Waals surface area contributed by atoms with Crippen molar-refractivity contribution in [3.8, 4) is 0 Å². The second-order valence-electron chi connectivity index (χ2n) is 3.76. The Balaban J connectivity index is 2.30. The number of carbonyl (C=O) groups is 2. The van der Waals surface area contributed by atoms with E-state index in [4.69, 9.17) is 4.74 Å². The van der Waals surface area contributed by atoms with Gasteiger partial charge in [0.05, 0.1) is 20.3 Å². The van der Waals surface area contributed by atoms with Gasteiger partial charge in [-0.3, -0.25) is 9.59 Å². The monoisotopic (exact) mass is 220 g/mol.